The molecule has 2 aromatic rings. The highest BCUT2D eigenvalue weighted by Crippen LogP contribution is 2.33. The molecular formula is C34H45N3O11. The maximum Gasteiger partial charge on any atom is 0.408 e. The van der Waals surface area contributed by atoms with Crippen molar-refractivity contribution in [2.24, 2.45) is 11.7 Å². The van der Waals surface area contributed by atoms with Crippen molar-refractivity contribution in [3.05, 3.63) is 83.9 Å². The van der Waals surface area contributed by atoms with Gasteiger partial charge in [0.15, 0.2) is 12.6 Å². The molecule has 262 valence electrons. The highest BCUT2D eigenvalue weighted by Gasteiger charge is 2.49. The van der Waals surface area contributed by atoms with E-state index in [1.165, 1.54) is 0 Å². The Kier molecular flexibility index (Phi) is 12.8. The summed E-state index contributed by atoms with van der Waals surface area (Å²) in [5.74, 6) is 0.185. The highest BCUT2D eigenvalue weighted by molar-refractivity contribution is 5.68. The number of rotatable bonds is 12. The average molecular weight is 672 g/mol. The Morgan fingerprint density at radius 2 is 1.50 bits per heavy atom. The Morgan fingerprint density at radius 1 is 0.854 bits per heavy atom. The lowest BCUT2D eigenvalue weighted by atomic mass is 9.83. The minimum atomic E-state index is -1.40. The van der Waals surface area contributed by atoms with Crippen LogP contribution >= 0.6 is 0 Å². The fraction of sp³-hybridized carbons (Fsp3) is 0.529. The predicted molar refractivity (Wildman–Crippen MR) is 170 cm³/mol. The Balaban J connectivity index is 1.22. The molecule has 0 bridgehead atoms. The van der Waals surface area contributed by atoms with Crippen molar-refractivity contribution in [1.82, 2.24) is 10.6 Å². The third-order valence-corrected chi connectivity index (χ3v) is 8.49. The number of amides is 2. The molecule has 3 aliphatic rings. The van der Waals surface area contributed by atoms with E-state index < -0.39 is 80.1 Å². The topological polar surface area (TPSA) is 200 Å². The van der Waals surface area contributed by atoms with Gasteiger partial charge in [-0.25, -0.2) is 9.59 Å². The van der Waals surface area contributed by atoms with E-state index >= 15 is 0 Å². The van der Waals surface area contributed by atoms with Gasteiger partial charge in [-0.2, -0.15) is 0 Å². The zero-order chi connectivity index (χ0) is 34.0. The number of aliphatic hydroxyl groups is 3. The lowest BCUT2D eigenvalue weighted by Gasteiger charge is -2.37. The fourth-order valence-electron chi connectivity index (χ4n) is 5.95. The molecule has 2 aromatic carbocycles. The van der Waals surface area contributed by atoms with E-state index in [9.17, 15) is 24.9 Å². The molecule has 1 saturated heterocycles. The van der Waals surface area contributed by atoms with Crippen molar-refractivity contribution in [1.29, 1.82) is 0 Å². The van der Waals surface area contributed by atoms with Crippen LogP contribution in [0.15, 0.2) is 72.8 Å². The average Bonchev–Trinajstić information content (AvgIpc) is 3.39. The summed E-state index contributed by atoms with van der Waals surface area (Å²) in [5.41, 5.74) is 7.71. The number of nitrogens with one attached hydrogen (secondary N) is 2. The third-order valence-electron chi connectivity index (χ3n) is 8.49. The quantitative estimate of drug-likeness (QED) is 0.178. The second-order valence-corrected chi connectivity index (χ2v) is 12.3. The second-order valence-electron chi connectivity index (χ2n) is 12.3. The van der Waals surface area contributed by atoms with E-state index in [0.717, 1.165) is 11.1 Å². The maximum absolute atomic E-state index is 12.8. The Labute approximate surface area is 279 Å². The zero-order valence-corrected chi connectivity index (χ0v) is 26.7. The van der Waals surface area contributed by atoms with Crippen LogP contribution < -0.4 is 16.4 Å². The van der Waals surface area contributed by atoms with E-state index in [1.807, 2.05) is 67.6 Å². The van der Waals surface area contributed by atoms with Gasteiger partial charge in [-0.05, 0) is 29.9 Å². The van der Waals surface area contributed by atoms with Gasteiger partial charge >= 0.3 is 12.2 Å². The van der Waals surface area contributed by atoms with Crippen LogP contribution in [-0.4, -0.2) is 102 Å². The van der Waals surface area contributed by atoms with E-state index in [2.05, 4.69) is 10.6 Å². The molecule has 48 heavy (non-hydrogen) atoms. The van der Waals surface area contributed by atoms with E-state index in [4.69, 9.17) is 34.2 Å². The number of carbonyl (C=O) groups excluding carboxylic acids is 2. The van der Waals surface area contributed by atoms with Gasteiger partial charge in [0, 0.05) is 6.04 Å². The lowest BCUT2D eigenvalue weighted by Crippen LogP contribution is -2.53. The van der Waals surface area contributed by atoms with Crippen molar-refractivity contribution in [2.45, 2.75) is 94.3 Å². The van der Waals surface area contributed by atoms with Gasteiger partial charge in [0.1, 0.15) is 37.6 Å². The molecule has 2 fully saturated rings. The molecule has 1 saturated carbocycles. The molecule has 0 radical (unpaired) electrons. The third kappa shape index (κ3) is 9.74. The first-order valence-electron chi connectivity index (χ1n) is 16.1. The van der Waals surface area contributed by atoms with Gasteiger partial charge in [-0.15, -0.1) is 0 Å². The van der Waals surface area contributed by atoms with Crippen molar-refractivity contribution in [3.8, 4) is 0 Å². The van der Waals surface area contributed by atoms with Gasteiger partial charge in [0.05, 0.1) is 31.5 Å². The zero-order valence-electron chi connectivity index (χ0n) is 26.7. The first-order chi connectivity index (χ1) is 23.2. The summed E-state index contributed by atoms with van der Waals surface area (Å²) in [5, 5.41) is 37.3. The Bertz CT molecular complexity index is 1340. The molecular weight excluding hydrogens is 626 g/mol. The van der Waals surface area contributed by atoms with Crippen molar-refractivity contribution < 1.29 is 53.3 Å². The van der Waals surface area contributed by atoms with Crippen LogP contribution in [-0.2, 0) is 41.6 Å². The Morgan fingerprint density at radius 3 is 2.15 bits per heavy atom. The summed E-state index contributed by atoms with van der Waals surface area (Å²) in [6.07, 6.45) is -5.37. The number of benzene rings is 2. The second kappa shape index (κ2) is 17.2. The van der Waals surface area contributed by atoms with E-state index in [-0.39, 0.29) is 25.7 Å². The first-order valence-corrected chi connectivity index (χ1v) is 16.1. The first kappa shape index (κ1) is 35.7. The van der Waals surface area contributed by atoms with Crippen LogP contribution in [0.5, 0.6) is 0 Å². The normalized spacial score (nSPS) is 33.1. The molecule has 2 heterocycles. The van der Waals surface area contributed by atoms with Crippen LogP contribution in [0.25, 0.3) is 0 Å². The summed E-state index contributed by atoms with van der Waals surface area (Å²) >= 11 is 0. The van der Waals surface area contributed by atoms with Crippen LogP contribution in [0.3, 0.4) is 0 Å². The molecule has 11 unspecified atom stereocenters. The minimum Gasteiger partial charge on any atom is -0.445 e. The number of nitrogens with two attached hydrogens (primary N) is 1. The van der Waals surface area contributed by atoms with Crippen LogP contribution in [0.4, 0.5) is 9.59 Å². The van der Waals surface area contributed by atoms with Gasteiger partial charge in [-0.1, -0.05) is 79.7 Å². The Hall–Kier alpha value is -3.60. The van der Waals surface area contributed by atoms with Gasteiger partial charge in [0.2, 0.25) is 0 Å². The maximum atomic E-state index is 12.8. The van der Waals surface area contributed by atoms with Crippen molar-refractivity contribution >= 4 is 12.2 Å². The van der Waals surface area contributed by atoms with Crippen LogP contribution in [0.2, 0.25) is 0 Å². The van der Waals surface area contributed by atoms with Gasteiger partial charge in [-0.3, -0.25) is 0 Å². The van der Waals surface area contributed by atoms with Crippen molar-refractivity contribution in [2.75, 3.05) is 13.2 Å². The molecule has 5 rings (SSSR count). The largest absolute Gasteiger partial charge is 0.445 e. The monoisotopic (exact) mass is 671 g/mol. The molecule has 14 heteroatoms. The standard InChI is InChI=1S/C34H45N3O11/c1-20-14-24(35)28(39)26(15-20)46-32-29(40)30(27(17-38)47-32)48-31-25(37-34(42)44-19-22-10-6-3-7-11-22)13-12-23(45-31)16-36-33(41)43-18-21-8-4-2-5-9-21/h2-13,20,23-32,38-40H,14-19,35H2,1H3,(H,36,41)(H,37,42). The van der Waals surface area contributed by atoms with Crippen LogP contribution in [0.1, 0.15) is 30.9 Å². The number of hydrogen-bond acceptors (Lipinski definition) is 12. The molecule has 0 spiro atoms. The van der Waals surface area contributed by atoms with Crippen molar-refractivity contribution in [3.63, 3.8) is 0 Å². The molecule has 1 aliphatic carbocycles. The molecule has 2 aliphatic heterocycles. The fourth-order valence-corrected chi connectivity index (χ4v) is 5.95. The van der Waals surface area contributed by atoms with Crippen LogP contribution in [0, 0.1) is 5.92 Å². The molecule has 7 N–H and O–H groups in total. The smallest absolute Gasteiger partial charge is 0.408 e. The molecule has 11 atom stereocenters. The number of carbonyl (C=O) groups is 2. The number of aliphatic hydroxyl groups excluding tert-OH is 3. The summed E-state index contributed by atoms with van der Waals surface area (Å²) in [4.78, 5) is 25.1. The summed E-state index contributed by atoms with van der Waals surface area (Å²) in [6, 6.07) is 17.0. The number of ether oxygens (including phenoxy) is 6. The minimum absolute atomic E-state index is 0.00600. The van der Waals surface area contributed by atoms with Gasteiger partial charge in [0.25, 0.3) is 0 Å². The summed E-state index contributed by atoms with van der Waals surface area (Å²) in [6.45, 7) is 1.60. The number of hydrogen-bond donors (Lipinski definition) is 6. The van der Waals surface area contributed by atoms with Gasteiger partial charge < -0.3 is 60.1 Å². The van der Waals surface area contributed by atoms with E-state index in [1.54, 1.807) is 12.2 Å². The SMILES string of the molecule is CC1CC(N)C(O)C(OC2OC(CO)C(OC3OC(CNC(=O)OCc4ccccc4)C=CC3NC(=O)OCc3ccccc3)C2O)C1. The lowest BCUT2D eigenvalue weighted by molar-refractivity contribution is -0.225. The highest BCUT2D eigenvalue weighted by atomic mass is 16.7. The number of alkyl carbamates (subject to hydrolysis) is 2. The summed E-state index contributed by atoms with van der Waals surface area (Å²) < 4.78 is 34.7. The summed E-state index contributed by atoms with van der Waals surface area (Å²) in [7, 11) is 0. The molecule has 14 nitrogen and oxygen atoms in total. The predicted octanol–water partition coefficient (Wildman–Crippen LogP) is 1.46. The van der Waals surface area contributed by atoms with E-state index in [0.29, 0.717) is 12.8 Å². The molecule has 2 amide bonds. The molecule has 0 aromatic heterocycles.